The van der Waals surface area contributed by atoms with Crippen LogP contribution in [-0.2, 0) is 4.79 Å². The molecule has 98 valence electrons. The van der Waals surface area contributed by atoms with Gasteiger partial charge in [-0.1, -0.05) is 33.1 Å². The van der Waals surface area contributed by atoms with E-state index in [4.69, 9.17) is 0 Å². The second kappa shape index (κ2) is 5.51. The van der Waals surface area contributed by atoms with Gasteiger partial charge in [-0.3, -0.25) is 4.79 Å². The molecular formula is C15H27NO. The summed E-state index contributed by atoms with van der Waals surface area (Å²) in [5, 5.41) is 3.51. The van der Waals surface area contributed by atoms with E-state index in [2.05, 4.69) is 19.2 Å². The Morgan fingerprint density at radius 2 is 2.00 bits per heavy atom. The second-order valence-corrected chi connectivity index (χ2v) is 5.89. The molecule has 2 fully saturated rings. The van der Waals surface area contributed by atoms with Gasteiger partial charge in [0.15, 0.2) is 5.78 Å². The van der Waals surface area contributed by atoms with Crippen molar-refractivity contribution < 1.29 is 4.79 Å². The van der Waals surface area contributed by atoms with Gasteiger partial charge < -0.3 is 5.32 Å². The molecule has 2 nitrogen and oxygen atoms in total. The zero-order valence-corrected chi connectivity index (χ0v) is 11.4. The number of rotatable bonds is 4. The first-order chi connectivity index (χ1) is 8.23. The lowest BCUT2D eigenvalue weighted by Gasteiger charge is -2.37. The molecule has 1 aliphatic carbocycles. The Morgan fingerprint density at radius 3 is 2.59 bits per heavy atom. The third-order valence-electron chi connectivity index (χ3n) is 5.09. The van der Waals surface area contributed by atoms with E-state index in [0.29, 0.717) is 17.6 Å². The summed E-state index contributed by atoms with van der Waals surface area (Å²) in [5.41, 5.74) is -0.157. The van der Waals surface area contributed by atoms with Crippen LogP contribution in [0.5, 0.6) is 0 Å². The van der Waals surface area contributed by atoms with Crippen LogP contribution in [0, 0.1) is 11.8 Å². The monoisotopic (exact) mass is 237 g/mol. The Kier molecular flexibility index (Phi) is 4.24. The molecule has 0 amide bonds. The molecule has 1 aliphatic heterocycles. The third-order valence-corrected chi connectivity index (χ3v) is 5.09. The van der Waals surface area contributed by atoms with Crippen molar-refractivity contribution in [1.82, 2.24) is 5.32 Å². The molecule has 1 N–H and O–H groups in total. The Balaban J connectivity index is 2.11. The van der Waals surface area contributed by atoms with Crippen molar-refractivity contribution in [1.29, 1.82) is 0 Å². The quantitative estimate of drug-likeness (QED) is 0.813. The van der Waals surface area contributed by atoms with Gasteiger partial charge in [0, 0.05) is 5.92 Å². The van der Waals surface area contributed by atoms with Crippen LogP contribution in [0.1, 0.15) is 65.2 Å². The number of nitrogens with one attached hydrogen (secondary N) is 1. The Labute approximate surface area is 106 Å². The fourth-order valence-electron chi connectivity index (χ4n) is 3.89. The van der Waals surface area contributed by atoms with Crippen molar-refractivity contribution >= 4 is 5.78 Å². The molecule has 1 saturated carbocycles. The fraction of sp³-hybridized carbons (Fsp3) is 0.933. The van der Waals surface area contributed by atoms with Crippen LogP contribution in [0.2, 0.25) is 0 Å². The maximum Gasteiger partial charge on any atom is 0.156 e. The molecule has 3 atom stereocenters. The highest BCUT2D eigenvalue weighted by Crippen LogP contribution is 2.38. The van der Waals surface area contributed by atoms with E-state index in [-0.39, 0.29) is 5.54 Å². The van der Waals surface area contributed by atoms with Crippen molar-refractivity contribution in [2.24, 2.45) is 11.8 Å². The van der Waals surface area contributed by atoms with Crippen LogP contribution in [0.3, 0.4) is 0 Å². The van der Waals surface area contributed by atoms with Crippen molar-refractivity contribution in [2.75, 3.05) is 6.54 Å². The lowest BCUT2D eigenvalue weighted by Crippen LogP contribution is -2.51. The van der Waals surface area contributed by atoms with Crippen LogP contribution in [0.4, 0.5) is 0 Å². The van der Waals surface area contributed by atoms with Gasteiger partial charge >= 0.3 is 0 Å². The molecule has 3 unspecified atom stereocenters. The number of carbonyl (C=O) groups is 1. The molecule has 2 aliphatic rings. The van der Waals surface area contributed by atoms with E-state index in [0.717, 1.165) is 25.8 Å². The predicted octanol–water partition coefficient (Wildman–Crippen LogP) is 3.30. The lowest BCUT2D eigenvalue weighted by atomic mass is 9.70. The molecule has 0 radical (unpaired) electrons. The van der Waals surface area contributed by atoms with Gasteiger partial charge in [-0.25, -0.2) is 0 Å². The highest BCUT2D eigenvalue weighted by Gasteiger charge is 2.44. The Morgan fingerprint density at radius 1 is 1.24 bits per heavy atom. The molecular weight excluding hydrogens is 210 g/mol. The van der Waals surface area contributed by atoms with Gasteiger partial charge in [0.1, 0.15) is 0 Å². The maximum absolute atomic E-state index is 12.9. The van der Waals surface area contributed by atoms with Crippen LogP contribution in [0.15, 0.2) is 0 Å². The highest BCUT2D eigenvalue weighted by atomic mass is 16.1. The van der Waals surface area contributed by atoms with Gasteiger partial charge in [0.05, 0.1) is 5.54 Å². The molecule has 2 heteroatoms. The molecule has 0 aromatic heterocycles. The number of carbonyl (C=O) groups excluding carboxylic acids is 1. The van der Waals surface area contributed by atoms with E-state index in [1.54, 1.807) is 0 Å². The van der Waals surface area contributed by atoms with Gasteiger partial charge in [-0.05, 0) is 44.6 Å². The van der Waals surface area contributed by atoms with Gasteiger partial charge in [-0.2, -0.15) is 0 Å². The summed E-state index contributed by atoms with van der Waals surface area (Å²) < 4.78 is 0. The summed E-state index contributed by atoms with van der Waals surface area (Å²) in [4.78, 5) is 12.9. The number of Topliss-reactive ketones (excluding diaryl/α,β-unsaturated/α-hetero) is 1. The molecule has 17 heavy (non-hydrogen) atoms. The topological polar surface area (TPSA) is 29.1 Å². The fourth-order valence-corrected chi connectivity index (χ4v) is 3.89. The van der Waals surface area contributed by atoms with Crippen LogP contribution in [0.25, 0.3) is 0 Å². The standard InChI is InChI=1S/C15H27NO/c1-3-12-8-5-6-9-13(12)14(17)15(4-2)10-7-11-16-15/h12-13,16H,3-11H2,1-2H3. The van der Waals surface area contributed by atoms with E-state index < -0.39 is 0 Å². The molecule has 0 bridgehead atoms. The van der Waals surface area contributed by atoms with E-state index in [1.807, 2.05) is 0 Å². The molecule has 1 saturated heterocycles. The van der Waals surface area contributed by atoms with Crippen molar-refractivity contribution in [3.05, 3.63) is 0 Å². The maximum atomic E-state index is 12.9. The minimum absolute atomic E-state index is 0.157. The Bertz CT molecular complexity index is 268. The van der Waals surface area contributed by atoms with Crippen LogP contribution >= 0.6 is 0 Å². The summed E-state index contributed by atoms with van der Waals surface area (Å²) in [6.45, 7) is 5.44. The zero-order valence-electron chi connectivity index (χ0n) is 11.4. The first kappa shape index (κ1) is 13.1. The van der Waals surface area contributed by atoms with Crippen LogP contribution < -0.4 is 5.32 Å². The van der Waals surface area contributed by atoms with Crippen LogP contribution in [-0.4, -0.2) is 17.9 Å². The van der Waals surface area contributed by atoms with Crippen molar-refractivity contribution in [3.8, 4) is 0 Å². The van der Waals surface area contributed by atoms with Gasteiger partial charge in [0.25, 0.3) is 0 Å². The second-order valence-electron chi connectivity index (χ2n) is 5.89. The number of hydrogen-bond acceptors (Lipinski definition) is 2. The average molecular weight is 237 g/mol. The van der Waals surface area contributed by atoms with E-state index in [9.17, 15) is 4.79 Å². The summed E-state index contributed by atoms with van der Waals surface area (Å²) in [6, 6.07) is 0. The Hall–Kier alpha value is -0.370. The largest absolute Gasteiger partial charge is 0.305 e. The van der Waals surface area contributed by atoms with Gasteiger partial charge in [0.2, 0.25) is 0 Å². The molecule has 1 heterocycles. The first-order valence-electron chi connectivity index (χ1n) is 7.53. The molecule has 2 rings (SSSR count). The molecule has 0 aromatic rings. The summed E-state index contributed by atoms with van der Waals surface area (Å²) in [5.74, 6) is 1.55. The minimum atomic E-state index is -0.157. The average Bonchev–Trinajstić information content (AvgIpc) is 2.88. The summed E-state index contributed by atoms with van der Waals surface area (Å²) >= 11 is 0. The normalized spacial score (nSPS) is 38.2. The van der Waals surface area contributed by atoms with Crippen molar-refractivity contribution in [2.45, 2.75) is 70.8 Å². The zero-order chi connectivity index (χ0) is 12.3. The molecule has 0 spiro atoms. The van der Waals surface area contributed by atoms with E-state index in [1.165, 1.54) is 32.1 Å². The highest BCUT2D eigenvalue weighted by molar-refractivity contribution is 5.91. The third kappa shape index (κ3) is 2.42. The summed E-state index contributed by atoms with van der Waals surface area (Å²) in [7, 11) is 0. The summed E-state index contributed by atoms with van der Waals surface area (Å²) in [6.07, 6.45) is 9.38. The minimum Gasteiger partial charge on any atom is -0.305 e. The number of hydrogen-bond donors (Lipinski definition) is 1. The van der Waals surface area contributed by atoms with E-state index >= 15 is 0 Å². The predicted molar refractivity (Wildman–Crippen MR) is 71.0 cm³/mol. The van der Waals surface area contributed by atoms with Gasteiger partial charge in [-0.15, -0.1) is 0 Å². The lowest BCUT2D eigenvalue weighted by molar-refractivity contribution is -0.132. The molecule has 0 aromatic carbocycles. The first-order valence-corrected chi connectivity index (χ1v) is 7.53. The SMILES string of the molecule is CCC1CCCCC1C(=O)C1(CC)CCCN1. The van der Waals surface area contributed by atoms with Crippen molar-refractivity contribution in [3.63, 3.8) is 0 Å². The number of ketones is 1. The smallest absolute Gasteiger partial charge is 0.156 e.